The van der Waals surface area contributed by atoms with Crippen LogP contribution in [0.3, 0.4) is 0 Å². The first-order valence-electron chi connectivity index (χ1n) is 9.91. The first-order chi connectivity index (χ1) is 14.7. The molecule has 0 atom stereocenters. The summed E-state index contributed by atoms with van der Waals surface area (Å²) in [7, 11) is 0. The molecule has 3 aromatic carbocycles. The van der Waals surface area contributed by atoms with Crippen LogP contribution in [-0.2, 0) is 6.16 Å². The average Bonchev–Trinajstić information content (AvgIpc) is 3.29. The average molecular weight is 446 g/mol. The molecule has 30 heavy (non-hydrogen) atoms. The molecule has 0 spiro atoms. The summed E-state index contributed by atoms with van der Waals surface area (Å²) < 4.78 is 1.20. The van der Waals surface area contributed by atoms with Gasteiger partial charge in [-0.2, -0.15) is 0 Å². The number of aromatic nitrogens is 1. The Morgan fingerprint density at radius 3 is 1.63 bits per heavy atom. The summed E-state index contributed by atoms with van der Waals surface area (Å²) in [6.45, 7) is 0. The molecule has 0 aliphatic heterocycles. The van der Waals surface area contributed by atoms with E-state index in [0.717, 1.165) is 27.1 Å². The van der Waals surface area contributed by atoms with Crippen LogP contribution in [0, 0.1) is 0 Å². The van der Waals surface area contributed by atoms with Crippen LogP contribution in [0.5, 0.6) is 0 Å². The first kappa shape index (κ1) is 19.5. The second-order valence-electron chi connectivity index (χ2n) is 7.45. The van der Waals surface area contributed by atoms with Crippen molar-refractivity contribution in [1.29, 1.82) is 0 Å². The summed E-state index contributed by atoms with van der Waals surface area (Å²) in [6, 6.07) is 38.1. The molecule has 0 radical (unpaired) electrons. The van der Waals surface area contributed by atoms with Crippen molar-refractivity contribution in [1.82, 2.24) is 4.98 Å². The number of thiophene rings is 1. The Kier molecular flexibility index (Phi) is 4.95. The number of fused-ring (bicyclic) bond motifs is 1. The van der Waals surface area contributed by atoms with Gasteiger partial charge in [0.15, 0.2) is 0 Å². The van der Waals surface area contributed by atoms with Crippen molar-refractivity contribution in [2.75, 3.05) is 0 Å². The van der Waals surface area contributed by atoms with Gasteiger partial charge in [-0.3, -0.25) is 0 Å². The third-order valence-corrected chi connectivity index (χ3v) is 13.7. The summed E-state index contributed by atoms with van der Waals surface area (Å²) in [5.74, 6) is -3.34. The van der Waals surface area contributed by atoms with Gasteiger partial charge >= 0.3 is 186 Å². The molecule has 0 N–H and O–H groups in total. The van der Waals surface area contributed by atoms with Gasteiger partial charge in [0.1, 0.15) is 0 Å². The Morgan fingerprint density at radius 1 is 0.633 bits per heavy atom. The van der Waals surface area contributed by atoms with E-state index in [2.05, 4.69) is 96.4 Å². The molecule has 2 heterocycles. The van der Waals surface area contributed by atoms with Gasteiger partial charge in [0.2, 0.25) is 0 Å². The van der Waals surface area contributed by atoms with Crippen LogP contribution >= 0.6 is 28.5 Å². The molecule has 4 heteroatoms. The Hall–Kier alpha value is -2.51. The van der Waals surface area contributed by atoms with E-state index in [1.807, 2.05) is 18.2 Å². The van der Waals surface area contributed by atoms with Crippen molar-refractivity contribution in [3.05, 3.63) is 120 Å². The monoisotopic (exact) mass is 445 g/mol. The van der Waals surface area contributed by atoms with Gasteiger partial charge in [-0.25, -0.2) is 0 Å². The standard InChI is InChI=1S/C26H21ClNPS/c27-29(22-10-4-1-5-11-22,23-12-6-2-7-13-23,24-14-8-3-9-15-24)20-21-16-17-26-25(28-21)18-19-30-26/h1-19H,20H2. The molecule has 5 aromatic rings. The van der Waals surface area contributed by atoms with E-state index < -0.39 is 5.96 Å². The quantitative estimate of drug-likeness (QED) is 0.282. The van der Waals surface area contributed by atoms with E-state index in [-0.39, 0.29) is 0 Å². The minimum absolute atomic E-state index is 0.664. The van der Waals surface area contributed by atoms with Crippen molar-refractivity contribution in [2.45, 2.75) is 6.16 Å². The number of benzene rings is 3. The van der Waals surface area contributed by atoms with E-state index in [0.29, 0.717) is 6.16 Å². The molecule has 0 amide bonds. The van der Waals surface area contributed by atoms with Gasteiger partial charge in [-0.1, -0.05) is 0 Å². The van der Waals surface area contributed by atoms with Crippen LogP contribution in [0.2, 0.25) is 0 Å². The molecule has 1 nitrogen and oxygen atoms in total. The van der Waals surface area contributed by atoms with Gasteiger partial charge in [0.25, 0.3) is 0 Å². The topological polar surface area (TPSA) is 12.9 Å². The van der Waals surface area contributed by atoms with Crippen LogP contribution in [-0.4, -0.2) is 4.98 Å². The molecule has 2 aromatic heterocycles. The van der Waals surface area contributed by atoms with Gasteiger partial charge in [0, 0.05) is 0 Å². The number of pyridine rings is 1. The fourth-order valence-electron chi connectivity index (χ4n) is 4.22. The Balaban J connectivity index is 1.84. The zero-order valence-electron chi connectivity index (χ0n) is 16.4. The zero-order chi connectivity index (χ0) is 20.5. The molecule has 0 aliphatic carbocycles. The molecular formula is C26H21ClNPS. The molecular weight excluding hydrogens is 425 g/mol. The van der Waals surface area contributed by atoms with Gasteiger partial charge in [-0.05, 0) is 0 Å². The maximum absolute atomic E-state index is 8.13. The zero-order valence-corrected chi connectivity index (χ0v) is 18.8. The molecule has 0 saturated carbocycles. The normalized spacial score (nSPS) is 13.0. The summed E-state index contributed by atoms with van der Waals surface area (Å²) in [4.78, 5) is 5.00. The minimum atomic E-state index is -3.34. The summed E-state index contributed by atoms with van der Waals surface area (Å²) in [6.07, 6.45) is 0.664. The number of halogens is 1. The number of rotatable bonds is 5. The Morgan fingerprint density at radius 2 is 1.13 bits per heavy atom. The molecule has 0 aliphatic rings. The van der Waals surface area contributed by atoms with Crippen molar-refractivity contribution in [3.63, 3.8) is 0 Å². The molecule has 0 bridgehead atoms. The van der Waals surface area contributed by atoms with Crippen molar-refractivity contribution < 1.29 is 0 Å². The molecule has 5 rings (SSSR count). The first-order valence-corrected chi connectivity index (χ1v) is 14.1. The fraction of sp³-hybridized carbons (Fsp3) is 0.0385. The summed E-state index contributed by atoms with van der Waals surface area (Å²) in [5, 5.41) is 5.58. The van der Waals surface area contributed by atoms with E-state index in [1.165, 1.54) is 4.70 Å². The van der Waals surface area contributed by atoms with Crippen molar-refractivity contribution >= 4 is 54.7 Å². The third-order valence-electron chi connectivity index (χ3n) is 5.71. The van der Waals surface area contributed by atoms with Crippen LogP contribution < -0.4 is 15.9 Å². The third kappa shape index (κ3) is 3.08. The second-order valence-corrected chi connectivity index (χ2v) is 14.9. The van der Waals surface area contributed by atoms with Crippen molar-refractivity contribution in [2.24, 2.45) is 0 Å². The predicted octanol–water partition coefficient (Wildman–Crippen LogP) is 6.48. The van der Waals surface area contributed by atoms with Crippen LogP contribution in [0.15, 0.2) is 115 Å². The van der Waals surface area contributed by atoms with E-state index in [4.69, 9.17) is 16.2 Å². The number of hydrogen-bond donors (Lipinski definition) is 0. The maximum atomic E-state index is 8.13. The van der Waals surface area contributed by atoms with E-state index in [9.17, 15) is 0 Å². The summed E-state index contributed by atoms with van der Waals surface area (Å²) in [5.41, 5.74) is 2.05. The SMILES string of the molecule is ClP(Cc1ccc2sccc2n1)(c1ccccc1)(c1ccccc1)c1ccccc1. The predicted molar refractivity (Wildman–Crippen MR) is 134 cm³/mol. The van der Waals surface area contributed by atoms with E-state index >= 15 is 0 Å². The fourth-order valence-corrected chi connectivity index (χ4v) is 10.9. The number of hydrogen-bond acceptors (Lipinski definition) is 2. The molecule has 148 valence electrons. The van der Waals surface area contributed by atoms with Crippen LogP contribution in [0.25, 0.3) is 10.2 Å². The summed E-state index contributed by atoms with van der Waals surface area (Å²) >= 11 is 9.84. The Labute approximate surface area is 185 Å². The molecule has 0 saturated heterocycles. The Bertz CT molecular complexity index is 1190. The second kappa shape index (κ2) is 7.63. The van der Waals surface area contributed by atoms with Crippen LogP contribution in [0.1, 0.15) is 5.69 Å². The van der Waals surface area contributed by atoms with Gasteiger partial charge < -0.3 is 0 Å². The molecule has 0 fully saturated rings. The number of nitrogens with zero attached hydrogens (tertiary/aromatic N) is 1. The van der Waals surface area contributed by atoms with Gasteiger partial charge in [-0.15, -0.1) is 0 Å². The van der Waals surface area contributed by atoms with Crippen molar-refractivity contribution in [3.8, 4) is 0 Å². The van der Waals surface area contributed by atoms with E-state index in [1.54, 1.807) is 11.3 Å². The van der Waals surface area contributed by atoms with Gasteiger partial charge in [0.05, 0.1) is 0 Å². The molecule has 0 unspecified atom stereocenters. The van der Waals surface area contributed by atoms with Crippen LogP contribution in [0.4, 0.5) is 0 Å².